The van der Waals surface area contributed by atoms with E-state index in [1.165, 1.54) is 0 Å². The summed E-state index contributed by atoms with van der Waals surface area (Å²) in [6.45, 7) is 1.63. The van der Waals surface area contributed by atoms with Crippen LogP contribution in [0.4, 0.5) is 8.78 Å². The molecule has 1 fully saturated rings. The van der Waals surface area contributed by atoms with Gasteiger partial charge in [-0.25, -0.2) is 22.5 Å². The quantitative estimate of drug-likeness (QED) is 0.230. The highest BCUT2D eigenvalue weighted by atomic mass is 31.3. The molecule has 0 bridgehead atoms. The summed E-state index contributed by atoms with van der Waals surface area (Å²) in [4.78, 5) is 47.1. The number of aliphatic hydroxyl groups excluding tert-OH is 1. The number of rotatable bonds is 8. The molecular formula is C10H15F2N2O13P3. The molecule has 2 aliphatic rings. The summed E-state index contributed by atoms with van der Waals surface area (Å²) in [6.07, 6.45) is -5.18. The molecule has 0 aromatic carbocycles. The van der Waals surface area contributed by atoms with Crippen LogP contribution < -0.4 is 5.32 Å². The maximum absolute atomic E-state index is 14.8. The van der Waals surface area contributed by atoms with E-state index >= 15 is 0 Å². The molecule has 0 aromatic heterocycles. The monoisotopic (exact) mass is 502 g/mol. The Balaban J connectivity index is 2.08. The van der Waals surface area contributed by atoms with Gasteiger partial charge in [0.2, 0.25) is 0 Å². The molecule has 0 saturated carbocycles. The molecule has 15 nitrogen and oxygen atoms in total. The van der Waals surface area contributed by atoms with Gasteiger partial charge in [0.05, 0.1) is 0 Å². The molecule has 2 rings (SSSR count). The first-order chi connectivity index (χ1) is 13.4. The molecule has 0 radical (unpaired) electrons. The van der Waals surface area contributed by atoms with Crippen LogP contribution in [0.1, 0.15) is 0 Å². The molecule has 0 aromatic rings. The SMILES string of the molecule is C=C1NC(=O)C=CN1[C@@H]1O[C@](F)(COP(=O)(O)OP(=O)(O)OP(=O)(O)O)[C@@H](O)[C@H]1F. The third kappa shape index (κ3) is 6.23. The minimum atomic E-state index is -5.86. The number of carbonyl (C=O) groups is 1. The van der Waals surface area contributed by atoms with Gasteiger partial charge in [-0.15, -0.1) is 0 Å². The maximum atomic E-state index is 14.8. The van der Waals surface area contributed by atoms with E-state index in [1.54, 1.807) is 0 Å². The predicted molar refractivity (Wildman–Crippen MR) is 87.7 cm³/mol. The van der Waals surface area contributed by atoms with Crippen molar-refractivity contribution >= 4 is 29.4 Å². The Hall–Kier alpha value is -1.06. The van der Waals surface area contributed by atoms with Crippen LogP contribution in [0.3, 0.4) is 0 Å². The average Bonchev–Trinajstić information content (AvgIpc) is 2.75. The largest absolute Gasteiger partial charge is 0.490 e. The van der Waals surface area contributed by atoms with Crippen molar-refractivity contribution in [3.8, 4) is 0 Å². The molecule has 0 spiro atoms. The lowest BCUT2D eigenvalue weighted by Crippen LogP contribution is -2.45. The number of aliphatic hydroxyl groups is 1. The van der Waals surface area contributed by atoms with Gasteiger partial charge in [0.25, 0.3) is 11.8 Å². The summed E-state index contributed by atoms with van der Waals surface area (Å²) in [5.74, 6) is -4.39. The van der Waals surface area contributed by atoms with Crippen molar-refractivity contribution in [3.63, 3.8) is 0 Å². The van der Waals surface area contributed by atoms with Gasteiger partial charge in [0.15, 0.2) is 18.5 Å². The van der Waals surface area contributed by atoms with Crippen molar-refractivity contribution in [1.82, 2.24) is 10.2 Å². The highest BCUT2D eigenvalue weighted by Crippen LogP contribution is 2.66. The molecule has 2 unspecified atom stereocenters. The van der Waals surface area contributed by atoms with Crippen molar-refractivity contribution in [1.29, 1.82) is 0 Å². The molecule has 1 amide bonds. The zero-order chi connectivity index (χ0) is 23.1. The maximum Gasteiger partial charge on any atom is 0.490 e. The third-order valence-corrected chi connectivity index (χ3v) is 7.20. The fraction of sp³-hybridized carbons (Fsp3) is 0.500. The van der Waals surface area contributed by atoms with Crippen LogP contribution in [-0.4, -0.2) is 66.5 Å². The Morgan fingerprint density at radius 3 is 2.37 bits per heavy atom. The van der Waals surface area contributed by atoms with Crippen LogP contribution in [0.2, 0.25) is 0 Å². The molecule has 0 aliphatic carbocycles. The number of nitrogens with zero attached hydrogens (tertiary/aromatic N) is 1. The Morgan fingerprint density at radius 2 is 1.83 bits per heavy atom. The van der Waals surface area contributed by atoms with Gasteiger partial charge in [-0.05, 0) is 0 Å². The fourth-order valence-electron chi connectivity index (χ4n) is 2.26. The summed E-state index contributed by atoms with van der Waals surface area (Å²) in [7, 11) is -17.3. The van der Waals surface area contributed by atoms with Crippen molar-refractivity contribution < 1.29 is 69.8 Å². The molecule has 6 atom stereocenters. The zero-order valence-electron chi connectivity index (χ0n) is 14.3. The van der Waals surface area contributed by atoms with E-state index in [-0.39, 0.29) is 5.82 Å². The minimum absolute atomic E-state index is 0.250. The van der Waals surface area contributed by atoms with Crippen LogP contribution in [-0.2, 0) is 36.4 Å². The summed E-state index contributed by atoms with van der Waals surface area (Å²) in [5.41, 5.74) is 0. The second-order valence-corrected chi connectivity index (χ2v) is 10.1. The lowest BCUT2D eigenvalue weighted by molar-refractivity contribution is -0.207. The van der Waals surface area contributed by atoms with Crippen LogP contribution >= 0.6 is 23.5 Å². The van der Waals surface area contributed by atoms with Gasteiger partial charge < -0.3 is 39.6 Å². The number of ether oxygens (including phenoxy) is 1. The smallest absolute Gasteiger partial charge is 0.384 e. The van der Waals surface area contributed by atoms with Crippen LogP contribution in [0.15, 0.2) is 24.7 Å². The number of hydrogen-bond acceptors (Lipinski definition) is 10. The Kier molecular flexibility index (Phi) is 7.11. The number of carbonyl (C=O) groups excluding carboxylic acids is 1. The molecule has 2 aliphatic heterocycles. The van der Waals surface area contributed by atoms with Gasteiger partial charge in [-0.2, -0.15) is 8.62 Å². The van der Waals surface area contributed by atoms with Crippen LogP contribution in [0.5, 0.6) is 0 Å². The predicted octanol–water partition coefficient (Wildman–Crippen LogP) is -0.533. The van der Waals surface area contributed by atoms with Gasteiger partial charge in [0.1, 0.15) is 12.4 Å². The first kappa shape index (κ1) is 25.2. The number of halogens is 2. The Morgan fingerprint density at radius 1 is 1.23 bits per heavy atom. The van der Waals surface area contributed by atoms with E-state index < -0.39 is 60.3 Å². The number of amides is 1. The van der Waals surface area contributed by atoms with E-state index in [0.717, 1.165) is 17.2 Å². The molecule has 2 heterocycles. The van der Waals surface area contributed by atoms with Crippen LogP contribution in [0, 0.1) is 0 Å². The van der Waals surface area contributed by atoms with Gasteiger partial charge in [-0.1, -0.05) is 6.58 Å². The number of nitrogens with one attached hydrogen (secondary N) is 1. The van der Waals surface area contributed by atoms with E-state index in [9.17, 15) is 37.3 Å². The molecule has 30 heavy (non-hydrogen) atoms. The topological polar surface area (TPSA) is 222 Å². The normalized spacial score (nSPS) is 33.8. The van der Waals surface area contributed by atoms with Gasteiger partial charge >= 0.3 is 23.5 Å². The number of hydrogen-bond donors (Lipinski definition) is 6. The van der Waals surface area contributed by atoms with Crippen molar-refractivity contribution in [2.45, 2.75) is 24.4 Å². The second kappa shape index (κ2) is 8.47. The lowest BCUT2D eigenvalue weighted by atomic mass is 10.1. The van der Waals surface area contributed by atoms with Crippen molar-refractivity contribution in [2.75, 3.05) is 6.61 Å². The summed E-state index contributed by atoms with van der Waals surface area (Å²) in [5, 5.41) is 11.9. The summed E-state index contributed by atoms with van der Waals surface area (Å²) >= 11 is 0. The fourth-order valence-corrected chi connectivity index (χ4v) is 5.29. The lowest BCUT2D eigenvalue weighted by Gasteiger charge is -2.32. The standard InChI is InChI=1S/C10H15F2N2O13P3/c1-5-13-6(15)2-3-14(5)9-7(11)8(16)10(12,25-9)4-24-29(20,21)27-30(22,23)26-28(17,18)19/h2-3,7-9,16H,1,4H2,(H,13,15)(H,20,21)(H,22,23)(H2,17,18,19)/t7-,8+,9-,10-/m1/s1. The first-order valence-electron chi connectivity index (χ1n) is 7.38. The highest BCUT2D eigenvalue weighted by Gasteiger charge is 2.59. The minimum Gasteiger partial charge on any atom is -0.384 e. The van der Waals surface area contributed by atoms with E-state index in [2.05, 4.69) is 25.0 Å². The van der Waals surface area contributed by atoms with Crippen LogP contribution in [0.25, 0.3) is 0 Å². The molecule has 6 N–H and O–H groups in total. The summed E-state index contributed by atoms with van der Waals surface area (Å²) in [6, 6.07) is 0. The van der Waals surface area contributed by atoms with Gasteiger partial charge in [0, 0.05) is 12.3 Å². The average molecular weight is 502 g/mol. The number of phosphoric acid groups is 3. The van der Waals surface area contributed by atoms with Crippen molar-refractivity contribution in [2.24, 2.45) is 0 Å². The van der Waals surface area contributed by atoms with Gasteiger partial charge in [-0.3, -0.25) is 9.32 Å². The molecule has 172 valence electrons. The van der Waals surface area contributed by atoms with E-state index in [0.29, 0.717) is 0 Å². The first-order valence-corrected chi connectivity index (χ1v) is 11.9. The number of phosphoric ester groups is 1. The summed E-state index contributed by atoms with van der Waals surface area (Å²) < 4.78 is 78.1. The molecular weight excluding hydrogens is 487 g/mol. The third-order valence-electron chi connectivity index (χ3n) is 3.41. The number of alkyl halides is 2. The molecule has 1 saturated heterocycles. The van der Waals surface area contributed by atoms with E-state index in [1.807, 2.05) is 0 Å². The zero-order valence-corrected chi connectivity index (χ0v) is 17.0. The van der Waals surface area contributed by atoms with Crippen molar-refractivity contribution in [3.05, 3.63) is 24.7 Å². The molecule has 20 heteroatoms. The highest BCUT2D eigenvalue weighted by molar-refractivity contribution is 7.66. The van der Waals surface area contributed by atoms with E-state index in [4.69, 9.17) is 19.4 Å². The Labute approximate surface area is 166 Å². The Bertz CT molecular complexity index is 894. The second-order valence-electron chi connectivity index (χ2n) is 5.71.